The second-order valence-corrected chi connectivity index (χ2v) is 5.66. The largest absolute Gasteiger partial charge is 0.394 e. The Bertz CT molecular complexity index is 355. The lowest BCUT2D eigenvalue weighted by Crippen LogP contribution is -2.71. The second kappa shape index (κ2) is 6.05. The van der Waals surface area contributed by atoms with E-state index in [9.17, 15) is 25.2 Å². The average molecular weight is 290 g/mol. The molecule has 1 saturated heterocycles. The molecule has 0 spiro atoms. The maximum Gasteiger partial charge on any atom is 0.184 e. The van der Waals surface area contributed by atoms with E-state index in [2.05, 4.69) is 0 Å². The summed E-state index contributed by atoms with van der Waals surface area (Å²) in [4.78, 5) is 12.5. The third-order valence-electron chi connectivity index (χ3n) is 4.39. The summed E-state index contributed by atoms with van der Waals surface area (Å²) in [5.74, 6) is -1.14. The standard InChI is InChI=1S/C13H22O7/c14-6-8-10(16)13(19,11(17)12(18)20-8)9(15)7-4-2-1-3-5-7/h7-8,10-12,14,16-19H,1-6H2/t8-,10+,11+,12?,13+/m1/s1. The smallest absolute Gasteiger partial charge is 0.184 e. The van der Waals surface area contributed by atoms with Gasteiger partial charge in [0.1, 0.15) is 18.3 Å². The van der Waals surface area contributed by atoms with Gasteiger partial charge in [-0.25, -0.2) is 0 Å². The van der Waals surface area contributed by atoms with Crippen molar-refractivity contribution in [2.24, 2.45) is 5.92 Å². The molecule has 0 aromatic rings. The third-order valence-corrected chi connectivity index (χ3v) is 4.39. The van der Waals surface area contributed by atoms with E-state index in [1.165, 1.54) is 0 Å². The van der Waals surface area contributed by atoms with Gasteiger partial charge in [-0.3, -0.25) is 4.79 Å². The molecule has 2 rings (SSSR count). The van der Waals surface area contributed by atoms with Crippen molar-refractivity contribution in [2.45, 2.75) is 62.3 Å². The van der Waals surface area contributed by atoms with Gasteiger partial charge in [0.2, 0.25) is 0 Å². The van der Waals surface area contributed by atoms with Gasteiger partial charge in [0.15, 0.2) is 17.7 Å². The Balaban J connectivity index is 2.25. The molecule has 0 aromatic carbocycles. The van der Waals surface area contributed by atoms with Gasteiger partial charge < -0.3 is 30.3 Å². The van der Waals surface area contributed by atoms with Crippen LogP contribution >= 0.6 is 0 Å². The number of hydrogen-bond acceptors (Lipinski definition) is 7. The molecule has 5 N–H and O–H groups in total. The Morgan fingerprint density at radius 2 is 1.70 bits per heavy atom. The molecule has 1 saturated carbocycles. The van der Waals surface area contributed by atoms with Gasteiger partial charge in [-0.05, 0) is 12.8 Å². The van der Waals surface area contributed by atoms with Crippen LogP contribution in [0.3, 0.4) is 0 Å². The molecule has 0 bridgehead atoms. The summed E-state index contributed by atoms with van der Waals surface area (Å²) in [7, 11) is 0. The van der Waals surface area contributed by atoms with Crippen LogP contribution in [0.1, 0.15) is 32.1 Å². The first-order chi connectivity index (χ1) is 9.42. The van der Waals surface area contributed by atoms with Gasteiger partial charge >= 0.3 is 0 Å². The topological polar surface area (TPSA) is 127 Å². The van der Waals surface area contributed by atoms with Crippen LogP contribution in [0, 0.1) is 5.92 Å². The quantitative estimate of drug-likeness (QED) is 0.419. The fourth-order valence-corrected chi connectivity index (χ4v) is 3.13. The zero-order valence-electron chi connectivity index (χ0n) is 11.2. The normalized spacial score (nSPS) is 43.5. The molecule has 116 valence electrons. The number of ketones is 1. The first-order valence-corrected chi connectivity index (χ1v) is 7.00. The molecule has 1 aliphatic heterocycles. The van der Waals surface area contributed by atoms with E-state index >= 15 is 0 Å². The Morgan fingerprint density at radius 3 is 2.25 bits per heavy atom. The van der Waals surface area contributed by atoms with Crippen molar-refractivity contribution >= 4 is 5.78 Å². The van der Waals surface area contributed by atoms with Gasteiger partial charge in [-0.2, -0.15) is 0 Å². The zero-order valence-corrected chi connectivity index (χ0v) is 11.2. The molecule has 7 nitrogen and oxygen atoms in total. The minimum Gasteiger partial charge on any atom is -0.394 e. The summed E-state index contributed by atoms with van der Waals surface area (Å²) in [6.45, 7) is -0.675. The maximum absolute atomic E-state index is 12.5. The number of carbonyl (C=O) groups excluding carboxylic acids is 1. The molecule has 0 aromatic heterocycles. The molecule has 2 fully saturated rings. The maximum atomic E-state index is 12.5. The lowest BCUT2D eigenvalue weighted by Gasteiger charge is -2.46. The number of hydrogen-bond donors (Lipinski definition) is 5. The predicted molar refractivity (Wildman–Crippen MR) is 66.5 cm³/mol. The van der Waals surface area contributed by atoms with E-state index in [1.54, 1.807) is 0 Å². The number of aliphatic hydroxyl groups excluding tert-OH is 4. The minimum absolute atomic E-state index is 0.456. The lowest BCUT2D eigenvalue weighted by atomic mass is 9.72. The van der Waals surface area contributed by atoms with Crippen molar-refractivity contribution in [1.82, 2.24) is 0 Å². The molecule has 1 heterocycles. The van der Waals surface area contributed by atoms with Gasteiger partial charge in [0.05, 0.1) is 6.61 Å². The summed E-state index contributed by atoms with van der Waals surface area (Å²) < 4.78 is 4.79. The van der Waals surface area contributed by atoms with Crippen LogP contribution in [0.25, 0.3) is 0 Å². The Hall–Kier alpha value is -0.570. The Kier molecular flexibility index (Phi) is 4.78. The summed E-state index contributed by atoms with van der Waals surface area (Å²) >= 11 is 0. The van der Waals surface area contributed by atoms with Crippen LogP contribution < -0.4 is 0 Å². The summed E-state index contributed by atoms with van der Waals surface area (Å²) in [6, 6.07) is 0. The molecule has 1 unspecified atom stereocenters. The van der Waals surface area contributed by atoms with Gasteiger partial charge in [0.25, 0.3) is 0 Å². The second-order valence-electron chi connectivity index (χ2n) is 5.66. The predicted octanol–water partition coefficient (Wildman–Crippen LogP) is -1.70. The molecular weight excluding hydrogens is 268 g/mol. The highest BCUT2D eigenvalue weighted by molar-refractivity contribution is 5.91. The van der Waals surface area contributed by atoms with Crippen LogP contribution in [0.4, 0.5) is 0 Å². The van der Waals surface area contributed by atoms with Crippen LogP contribution in [0.15, 0.2) is 0 Å². The molecule has 0 amide bonds. The average Bonchev–Trinajstić information content (AvgIpc) is 2.49. The van der Waals surface area contributed by atoms with Crippen LogP contribution in [-0.2, 0) is 9.53 Å². The van der Waals surface area contributed by atoms with Crippen molar-refractivity contribution in [3.8, 4) is 0 Å². The summed E-state index contributed by atoms with van der Waals surface area (Å²) in [5.41, 5.74) is -2.51. The van der Waals surface area contributed by atoms with E-state index in [0.29, 0.717) is 12.8 Å². The fraction of sp³-hybridized carbons (Fsp3) is 0.923. The summed E-state index contributed by atoms with van der Waals surface area (Å²) in [5, 5.41) is 49.1. The molecule has 0 radical (unpaired) electrons. The minimum atomic E-state index is -2.51. The van der Waals surface area contributed by atoms with Gasteiger partial charge in [0, 0.05) is 5.92 Å². The van der Waals surface area contributed by atoms with E-state index < -0.39 is 48.5 Å². The molecule has 5 atom stereocenters. The molecular formula is C13H22O7. The van der Waals surface area contributed by atoms with Crippen LogP contribution in [0.5, 0.6) is 0 Å². The monoisotopic (exact) mass is 290 g/mol. The molecule has 2 aliphatic rings. The number of rotatable bonds is 3. The molecule has 20 heavy (non-hydrogen) atoms. The van der Waals surface area contributed by atoms with Crippen molar-refractivity contribution in [1.29, 1.82) is 0 Å². The zero-order chi connectivity index (χ0) is 14.9. The van der Waals surface area contributed by atoms with E-state index in [1.807, 2.05) is 0 Å². The van der Waals surface area contributed by atoms with Gasteiger partial charge in [-0.15, -0.1) is 0 Å². The SMILES string of the molecule is O=C(C1CCCCC1)[C@@]1(O)[C@@H](O)C(O)O[C@H](CO)[C@@H]1O. The Labute approximate surface area is 116 Å². The van der Waals surface area contributed by atoms with Gasteiger partial charge in [-0.1, -0.05) is 19.3 Å². The van der Waals surface area contributed by atoms with Crippen LogP contribution in [0.2, 0.25) is 0 Å². The third kappa shape index (κ3) is 2.49. The lowest BCUT2D eigenvalue weighted by molar-refractivity contribution is -0.312. The van der Waals surface area contributed by atoms with E-state index in [-0.39, 0.29) is 0 Å². The fourth-order valence-electron chi connectivity index (χ4n) is 3.13. The first-order valence-electron chi connectivity index (χ1n) is 7.00. The van der Waals surface area contributed by atoms with Crippen LogP contribution in [-0.4, -0.2) is 68.1 Å². The number of Topliss-reactive ketones (excluding diaryl/α,β-unsaturated/α-hetero) is 1. The number of aliphatic hydroxyl groups is 5. The number of carbonyl (C=O) groups is 1. The van der Waals surface area contributed by atoms with Crippen molar-refractivity contribution in [2.75, 3.05) is 6.61 Å². The van der Waals surface area contributed by atoms with E-state index in [4.69, 9.17) is 9.84 Å². The highest BCUT2D eigenvalue weighted by Gasteiger charge is 2.60. The Morgan fingerprint density at radius 1 is 1.10 bits per heavy atom. The highest BCUT2D eigenvalue weighted by Crippen LogP contribution is 2.36. The van der Waals surface area contributed by atoms with E-state index in [0.717, 1.165) is 19.3 Å². The molecule has 7 heteroatoms. The first kappa shape index (κ1) is 15.8. The van der Waals surface area contributed by atoms with Crippen molar-refractivity contribution in [3.63, 3.8) is 0 Å². The number of ether oxygens (including phenoxy) is 1. The van der Waals surface area contributed by atoms with Crippen molar-refractivity contribution in [3.05, 3.63) is 0 Å². The summed E-state index contributed by atoms with van der Waals surface area (Å²) in [6.07, 6.45) is -2.97. The molecule has 1 aliphatic carbocycles. The van der Waals surface area contributed by atoms with Crippen molar-refractivity contribution < 1.29 is 35.1 Å². The highest BCUT2D eigenvalue weighted by atomic mass is 16.6.